The van der Waals surface area contributed by atoms with Crippen LogP contribution in [0.25, 0.3) is 0 Å². The Morgan fingerprint density at radius 3 is 1.92 bits per heavy atom. The van der Waals surface area contributed by atoms with Crippen molar-refractivity contribution in [3.8, 4) is 0 Å². The van der Waals surface area contributed by atoms with Crippen LogP contribution in [0.1, 0.15) is 6.92 Å². The van der Waals surface area contributed by atoms with Gasteiger partial charge in [-0.25, -0.2) is 9.78 Å². The standard InChI is InChI=1S/C3H8O6.2OS/c1-3(7-9-5)2-6-8-4;2*1-2/h3-5H,2H2,1H3;;/p-2. The second-order valence-electron chi connectivity index (χ2n) is 1.33. The molecule has 0 spiro atoms. The second kappa shape index (κ2) is 22.6. The lowest BCUT2D eigenvalue weighted by molar-refractivity contribution is -0.815. The Labute approximate surface area is 84.1 Å². The summed E-state index contributed by atoms with van der Waals surface area (Å²) < 4.78 is 15.7. The Hall–Kier alpha value is -0.200. The summed E-state index contributed by atoms with van der Waals surface area (Å²) in [6, 6.07) is 0. The monoisotopic (exact) mass is 234 g/mol. The summed E-state index contributed by atoms with van der Waals surface area (Å²) in [5.74, 6) is 0. The lowest BCUT2D eigenvalue weighted by atomic mass is 10.5. The van der Waals surface area contributed by atoms with Crippen LogP contribution in [-0.4, -0.2) is 21.1 Å². The molecule has 1 atom stereocenters. The molecule has 0 heterocycles. The highest BCUT2D eigenvalue weighted by Crippen LogP contribution is 1.88. The van der Waals surface area contributed by atoms with E-state index in [0.717, 1.165) is 0 Å². The van der Waals surface area contributed by atoms with Crippen LogP contribution in [-0.2, 0) is 44.9 Å². The zero-order chi connectivity index (χ0) is 11.1. The van der Waals surface area contributed by atoms with E-state index in [1.807, 2.05) is 0 Å². The van der Waals surface area contributed by atoms with Gasteiger partial charge in [-0.3, -0.25) is 10.1 Å². The van der Waals surface area contributed by atoms with Crippen LogP contribution in [0.5, 0.6) is 0 Å². The van der Waals surface area contributed by atoms with Crippen molar-refractivity contribution in [2.24, 2.45) is 0 Å². The Morgan fingerprint density at radius 1 is 1.15 bits per heavy atom. The van der Waals surface area contributed by atoms with Gasteiger partial charge in [0.05, 0.1) is 0 Å². The molecular weight excluding hydrogens is 228 g/mol. The van der Waals surface area contributed by atoms with Gasteiger partial charge >= 0.3 is 0 Å². The SMILES string of the molecule is CC(COO[O-])OO[O-].O=S.O=S. The third-order valence-electron chi connectivity index (χ3n) is 0.554. The molecule has 10 heteroatoms. The minimum atomic E-state index is -0.614. The normalized spacial score (nSPS) is 10.1. The lowest BCUT2D eigenvalue weighted by Gasteiger charge is -2.13. The van der Waals surface area contributed by atoms with Crippen molar-refractivity contribution in [1.82, 2.24) is 0 Å². The maximum atomic E-state index is 9.21. The van der Waals surface area contributed by atoms with Crippen LogP contribution in [0, 0.1) is 0 Å². The molecule has 0 aliphatic carbocycles. The Bertz CT molecular complexity index is 81.8. The molecule has 0 amide bonds. The predicted molar refractivity (Wildman–Crippen MR) is 35.0 cm³/mol. The average molecular weight is 234 g/mol. The van der Waals surface area contributed by atoms with E-state index in [2.05, 4.69) is 44.9 Å². The van der Waals surface area contributed by atoms with Crippen LogP contribution in [0.4, 0.5) is 0 Å². The van der Waals surface area contributed by atoms with E-state index in [4.69, 9.17) is 13.7 Å². The zero-order valence-electron chi connectivity index (χ0n) is 6.37. The van der Waals surface area contributed by atoms with E-state index < -0.39 is 6.10 Å². The van der Waals surface area contributed by atoms with E-state index in [1.165, 1.54) is 6.92 Å². The van der Waals surface area contributed by atoms with Gasteiger partial charge in [0.25, 0.3) is 0 Å². The molecule has 0 aliphatic rings. The molecule has 0 N–H and O–H groups in total. The molecule has 0 aliphatic heterocycles. The van der Waals surface area contributed by atoms with Gasteiger partial charge in [0.15, 0.2) is 25.1 Å². The van der Waals surface area contributed by atoms with Gasteiger partial charge in [-0.15, -0.1) is 0 Å². The van der Waals surface area contributed by atoms with Gasteiger partial charge in [0.1, 0.15) is 12.7 Å². The van der Waals surface area contributed by atoms with Crippen molar-refractivity contribution in [3.63, 3.8) is 0 Å². The fourth-order valence-electron chi connectivity index (χ4n) is 0.218. The van der Waals surface area contributed by atoms with E-state index in [1.54, 1.807) is 0 Å². The number of rotatable bonds is 5. The fourth-order valence-corrected chi connectivity index (χ4v) is 0.218. The summed E-state index contributed by atoms with van der Waals surface area (Å²) >= 11 is 5.67. The first-order valence-electron chi connectivity index (χ1n) is 2.51. The quantitative estimate of drug-likeness (QED) is 0.363. The summed E-state index contributed by atoms with van der Waals surface area (Å²) in [5, 5.41) is 24.3. The Morgan fingerprint density at radius 2 is 1.62 bits per heavy atom. The van der Waals surface area contributed by atoms with Gasteiger partial charge in [0, 0.05) is 0 Å². The highest BCUT2D eigenvalue weighted by Gasteiger charge is 1.98. The van der Waals surface area contributed by atoms with Crippen LogP contribution < -0.4 is 10.5 Å². The van der Waals surface area contributed by atoms with Crippen molar-refractivity contribution < 1.29 is 38.8 Å². The van der Waals surface area contributed by atoms with Gasteiger partial charge in [-0.05, 0) is 6.92 Å². The van der Waals surface area contributed by atoms with Crippen molar-refractivity contribution in [2.75, 3.05) is 6.61 Å². The van der Waals surface area contributed by atoms with Gasteiger partial charge < -0.3 is 10.5 Å². The Kier molecular flexibility index (Phi) is 32.3. The minimum Gasteiger partial charge on any atom is -0.692 e. The van der Waals surface area contributed by atoms with E-state index in [-0.39, 0.29) is 6.61 Å². The van der Waals surface area contributed by atoms with Gasteiger partial charge in [0.2, 0.25) is 0 Å². The average Bonchev–Trinajstić information content (AvgIpc) is 2.21. The zero-order valence-corrected chi connectivity index (χ0v) is 8.00. The van der Waals surface area contributed by atoms with Crippen molar-refractivity contribution in [1.29, 1.82) is 0 Å². The van der Waals surface area contributed by atoms with Gasteiger partial charge in [-0.2, -0.15) is 8.42 Å². The highest BCUT2D eigenvalue weighted by atomic mass is 32.1. The van der Waals surface area contributed by atoms with Crippen molar-refractivity contribution >= 4 is 25.1 Å². The lowest BCUT2D eigenvalue weighted by Crippen LogP contribution is -2.21. The topological polar surface area (TPSA) is 117 Å². The molecule has 0 radical (unpaired) electrons. The van der Waals surface area contributed by atoms with Crippen molar-refractivity contribution in [3.05, 3.63) is 0 Å². The van der Waals surface area contributed by atoms with Crippen molar-refractivity contribution in [2.45, 2.75) is 13.0 Å². The molecule has 0 fully saturated rings. The second-order valence-corrected chi connectivity index (χ2v) is 1.33. The fraction of sp³-hybridized carbons (Fsp3) is 1.00. The number of hydrogen-bond acceptors (Lipinski definition) is 10. The third kappa shape index (κ3) is 24.5. The first-order chi connectivity index (χ1) is 6.31. The minimum absolute atomic E-state index is 0.147. The van der Waals surface area contributed by atoms with E-state index in [9.17, 15) is 5.26 Å². The molecule has 0 bridgehead atoms. The molecule has 0 saturated heterocycles. The molecule has 0 aromatic carbocycles. The van der Waals surface area contributed by atoms with Crippen LogP contribution >= 0.6 is 0 Å². The summed E-state index contributed by atoms with van der Waals surface area (Å²) in [5.41, 5.74) is 0. The summed E-state index contributed by atoms with van der Waals surface area (Å²) in [6.07, 6.45) is -0.614. The summed E-state index contributed by atoms with van der Waals surface area (Å²) in [7, 11) is 0. The maximum Gasteiger partial charge on any atom is 0.197 e. The van der Waals surface area contributed by atoms with Crippen LogP contribution in [0.15, 0.2) is 0 Å². The van der Waals surface area contributed by atoms with Crippen LogP contribution in [0.3, 0.4) is 0 Å². The maximum absolute atomic E-state index is 9.21. The number of hydrogen-bond donors (Lipinski definition) is 0. The first-order valence-corrected chi connectivity index (χ1v) is 3.18. The largest absolute Gasteiger partial charge is 0.692 e. The molecule has 13 heavy (non-hydrogen) atoms. The van der Waals surface area contributed by atoms with Gasteiger partial charge in [-0.1, -0.05) is 0 Å². The van der Waals surface area contributed by atoms with Crippen LogP contribution in [0.2, 0.25) is 0 Å². The highest BCUT2D eigenvalue weighted by molar-refractivity contribution is 7.44. The Balaban J connectivity index is -0.000000218. The molecule has 80 valence electrons. The predicted octanol–water partition coefficient (Wildman–Crippen LogP) is -2.85. The molecule has 0 rings (SSSR count). The van der Waals surface area contributed by atoms with E-state index in [0.29, 0.717) is 0 Å². The molecular formula is C3H6O8S2-2. The van der Waals surface area contributed by atoms with E-state index >= 15 is 0 Å². The summed E-state index contributed by atoms with van der Waals surface area (Å²) in [6.45, 7) is 1.32. The molecule has 0 aromatic rings. The first kappa shape index (κ1) is 18.6. The smallest absolute Gasteiger partial charge is 0.197 e. The third-order valence-corrected chi connectivity index (χ3v) is 0.554. The summed E-state index contributed by atoms with van der Waals surface area (Å²) in [4.78, 5) is 7.79. The molecule has 0 saturated carbocycles. The molecule has 1 unspecified atom stereocenters. The molecule has 0 aromatic heterocycles. The molecule has 8 nitrogen and oxygen atoms in total.